The summed E-state index contributed by atoms with van der Waals surface area (Å²) in [5, 5.41) is 9.85. The molecule has 6 nitrogen and oxygen atoms in total. The van der Waals surface area contributed by atoms with E-state index in [0.717, 1.165) is 38.4 Å². The number of aliphatic imine (C=N–C) groups is 1. The van der Waals surface area contributed by atoms with Crippen molar-refractivity contribution in [2.75, 3.05) is 26.7 Å². The summed E-state index contributed by atoms with van der Waals surface area (Å²) in [4.78, 5) is 16.4. The Kier molecular flexibility index (Phi) is 8.87. The molecule has 0 aromatic heterocycles. The molecule has 3 N–H and O–H groups in total. The topological polar surface area (TPSA) is 74.8 Å². The maximum absolute atomic E-state index is 12.1. The third kappa shape index (κ3) is 7.68. The van der Waals surface area contributed by atoms with Crippen molar-refractivity contribution in [3.8, 4) is 0 Å². The number of nitrogens with one attached hydrogen (secondary N) is 3. The number of amides is 1. The van der Waals surface area contributed by atoms with Crippen LogP contribution in [0.4, 0.5) is 0 Å². The Hall–Kier alpha value is -1.30. The average Bonchev–Trinajstić information content (AvgIpc) is 2.64. The van der Waals surface area contributed by atoms with Gasteiger partial charge in [-0.25, -0.2) is 0 Å². The molecule has 2 unspecified atom stereocenters. The minimum atomic E-state index is 0.137. The highest BCUT2D eigenvalue weighted by Gasteiger charge is 2.35. The third-order valence-corrected chi connectivity index (χ3v) is 5.67. The van der Waals surface area contributed by atoms with Gasteiger partial charge in [-0.3, -0.25) is 9.79 Å². The summed E-state index contributed by atoms with van der Waals surface area (Å²) in [5.41, 5.74) is 0.140. The fourth-order valence-electron chi connectivity index (χ4n) is 4.30. The number of hydrogen-bond donors (Lipinski definition) is 3. The highest BCUT2D eigenvalue weighted by Crippen LogP contribution is 2.33. The molecule has 1 heterocycles. The molecule has 1 saturated heterocycles. The van der Waals surface area contributed by atoms with Crippen molar-refractivity contribution in [1.82, 2.24) is 16.0 Å². The van der Waals surface area contributed by atoms with Gasteiger partial charge < -0.3 is 20.7 Å². The molecule has 0 bridgehead atoms. The minimum Gasteiger partial charge on any atom is -0.377 e. The Morgan fingerprint density at radius 2 is 1.81 bits per heavy atom. The Labute approximate surface area is 165 Å². The minimum absolute atomic E-state index is 0.137. The highest BCUT2D eigenvalue weighted by atomic mass is 16.5. The highest BCUT2D eigenvalue weighted by molar-refractivity contribution is 5.81. The SMILES string of the molecule is CN=C(NCCC(=O)NC1CCCCC1)NCC1CCCOC1C(C)(C)C. The molecular weight excluding hydrogens is 340 g/mol. The molecule has 2 fully saturated rings. The molecule has 2 atom stereocenters. The maximum atomic E-state index is 12.1. The van der Waals surface area contributed by atoms with Crippen LogP contribution in [0.5, 0.6) is 0 Å². The standard InChI is InChI=1S/C21H40N4O2/c1-21(2,3)19-16(9-8-14-27-19)15-24-20(22-4)23-13-12-18(26)25-17-10-6-5-7-11-17/h16-17,19H,5-15H2,1-4H3,(H,25,26)(H2,22,23,24). The predicted molar refractivity (Wildman–Crippen MR) is 111 cm³/mol. The van der Waals surface area contributed by atoms with E-state index in [4.69, 9.17) is 4.74 Å². The lowest BCUT2D eigenvalue weighted by Crippen LogP contribution is -2.48. The number of rotatable bonds is 6. The van der Waals surface area contributed by atoms with Gasteiger partial charge >= 0.3 is 0 Å². The maximum Gasteiger partial charge on any atom is 0.221 e. The first-order chi connectivity index (χ1) is 12.9. The van der Waals surface area contributed by atoms with Crippen LogP contribution in [0.15, 0.2) is 4.99 Å². The van der Waals surface area contributed by atoms with Crippen LogP contribution in [0.1, 0.15) is 72.1 Å². The van der Waals surface area contributed by atoms with Crippen molar-refractivity contribution in [1.29, 1.82) is 0 Å². The quantitative estimate of drug-likeness (QED) is 0.489. The Morgan fingerprint density at radius 1 is 1.07 bits per heavy atom. The van der Waals surface area contributed by atoms with Gasteiger partial charge in [0.2, 0.25) is 5.91 Å². The van der Waals surface area contributed by atoms with Crippen LogP contribution in [0.3, 0.4) is 0 Å². The van der Waals surface area contributed by atoms with E-state index in [2.05, 4.69) is 41.7 Å². The molecule has 1 aliphatic carbocycles. The van der Waals surface area contributed by atoms with Crippen molar-refractivity contribution in [3.05, 3.63) is 0 Å². The van der Waals surface area contributed by atoms with Crippen molar-refractivity contribution in [2.24, 2.45) is 16.3 Å². The smallest absolute Gasteiger partial charge is 0.221 e. The summed E-state index contributed by atoms with van der Waals surface area (Å²) >= 11 is 0. The third-order valence-electron chi connectivity index (χ3n) is 5.67. The molecular formula is C21H40N4O2. The fraction of sp³-hybridized carbons (Fsp3) is 0.905. The second-order valence-corrected chi connectivity index (χ2v) is 9.09. The molecule has 2 aliphatic rings. The van der Waals surface area contributed by atoms with E-state index >= 15 is 0 Å². The van der Waals surface area contributed by atoms with Crippen molar-refractivity contribution < 1.29 is 9.53 Å². The Bertz CT molecular complexity index is 481. The van der Waals surface area contributed by atoms with Crippen molar-refractivity contribution in [2.45, 2.75) is 84.3 Å². The molecule has 1 amide bonds. The summed E-state index contributed by atoms with van der Waals surface area (Å²) < 4.78 is 6.05. The molecule has 27 heavy (non-hydrogen) atoms. The van der Waals surface area contributed by atoms with Gasteiger partial charge in [0, 0.05) is 45.1 Å². The van der Waals surface area contributed by atoms with Gasteiger partial charge in [0.15, 0.2) is 5.96 Å². The Morgan fingerprint density at radius 3 is 2.48 bits per heavy atom. The number of nitrogens with zero attached hydrogens (tertiary/aromatic N) is 1. The van der Waals surface area contributed by atoms with Crippen LogP contribution in [-0.4, -0.2) is 50.8 Å². The molecule has 0 aromatic carbocycles. The molecule has 156 valence electrons. The van der Waals surface area contributed by atoms with E-state index in [9.17, 15) is 4.79 Å². The zero-order valence-electron chi connectivity index (χ0n) is 17.8. The molecule has 6 heteroatoms. The van der Waals surface area contributed by atoms with Gasteiger partial charge in [-0.05, 0) is 31.1 Å². The average molecular weight is 381 g/mol. The largest absolute Gasteiger partial charge is 0.377 e. The van der Waals surface area contributed by atoms with Gasteiger partial charge in [-0.2, -0.15) is 0 Å². The van der Waals surface area contributed by atoms with Gasteiger partial charge in [-0.15, -0.1) is 0 Å². The first-order valence-corrected chi connectivity index (χ1v) is 10.8. The van der Waals surface area contributed by atoms with Crippen LogP contribution in [0.25, 0.3) is 0 Å². The van der Waals surface area contributed by atoms with E-state index in [1.165, 1.54) is 25.7 Å². The molecule has 0 spiro atoms. The van der Waals surface area contributed by atoms with E-state index in [-0.39, 0.29) is 17.4 Å². The van der Waals surface area contributed by atoms with Crippen LogP contribution < -0.4 is 16.0 Å². The van der Waals surface area contributed by atoms with Crippen molar-refractivity contribution in [3.63, 3.8) is 0 Å². The fourth-order valence-corrected chi connectivity index (χ4v) is 4.30. The van der Waals surface area contributed by atoms with E-state index in [1.54, 1.807) is 7.05 Å². The first kappa shape index (κ1) is 22.0. The summed E-state index contributed by atoms with van der Waals surface area (Å²) in [6.45, 7) is 9.04. The number of carbonyl (C=O) groups excluding carboxylic acids is 1. The van der Waals surface area contributed by atoms with Gasteiger partial charge in [-0.1, -0.05) is 40.0 Å². The number of carbonyl (C=O) groups is 1. The molecule has 0 aromatic rings. The summed E-state index contributed by atoms with van der Waals surface area (Å²) in [6.07, 6.45) is 9.06. The Balaban J connectivity index is 1.68. The van der Waals surface area contributed by atoms with Crippen LogP contribution in [0.2, 0.25) is 0 Å². The lowest BCUT2D eigenvalue weighted by atomic mass is 9.78. The van der Waals surface area contributed by atoms with E-state index in [0.29, 0.717) is 24.9 Å². The monoisotopic (exact) mass is 380 g/mol. The van der Waals surface area contributed by atoms with E-state index < -0.39 is 0 Å². The first-order valence-electron chi connectivity index (χ1n) is 10.8. The number of hydrogen-bond acceptors (Lipinski definition) is 3. The normalized spacial score (nSPS) is 25.1. The second kappa shape index (κ2) is 10.9. The summed E-state index contributed by atoms with van der Waals surface area (Å²) in [5.74, 6) is 1.38. The summed E-state index contributed by atoms with van der Waals surface area (Å²) in [7, 11) is 1.77. The van der Waals surface area contributed by atoms with Crippen LogP contribution >= 0.6 is 0 Å². The van der Waals surface area contributed by atoms with Gasteiger partial charge in [0.25, 0.3) is 0 Å². The van der Waals surface area contributed by atoms with Crippen LogP contribution in [0, 0.1) is 11.3 Å². The second-order valence-electron chi connectivity index (χ2n) is 9.09. The zero-order chi connectivity index (χ0) is 19.7. The molecule has 1 saturated carbocycles. The number of guanidine groups is 1. The molecule has 1 aliphatic heterocycles. The van der Waals surface area contributed by atoms with E-state index in [1.807, 2.05) is 0 Å². The predicted octanol–water partition coefficient (Wildman–Crippen LogP) is 2.83. The molecule has 0 radical (unpaired) electrons. The number of ether oxygens (including phenoxy) is 1. The lowest BCUT2D eigenvalue weighted by molar-refractivity contribution is -0.121. The zero-order valence-corrected chi connectivity index (χ0v) is 17.8. The van der Waals surface area contributed by atoms with Gasteiger partial charge in [0.05, 0.1) is 6.10 Å². The summed E-state index contributed by atoms with van der Waals surface area (Å²) in [6, 6.07) is 0.379. The molecule has 2 rings (SSSR count). The lowest BCUT2D eigenvalue weighted by Gasteiger charge is -2.40. The van der Waals surface area contributed by atoms with Crippen molar-refractivity contribution >= 4 is 11.9 Å². The van der Waals surface area contributed by atoms with Gasteiger partial charge in [0.1, 0.15) is 0 Å². The van der Waals surface area contributed by atoms with Crippen LogP contribution in [-0.2, 0) is 9.53 Å².